The Kier molecular flexibility index (Phi) is 4.19. The Morgan fingerprint density at radius 3 is 2.83 bits per heavy atom. The maximum absolute atomic E-state index is 4.98. The van der Waals surface area contributed by atoms with Crippen LogP contribution in [0.5, 0.6) is 0 Å². The van der Waals surface area contributed by atoms with E-state index in [1.807, 2.05) is 24.5 Å². The number of pyridine rings is 1. The highest BCUT2D eigenvalue weighted by Crippen LogP contribution is 2.33. The predicted molar refractivity (Wildman–Crippen MR) is 96.2 cm³/mol. The second kappa shape index (κ2) is 6.48. The molecule has 1 aliphatic carbocycles. The first-order valence-electron chi connectivity index (χ1n) is 9.01. The minimum absolute atomic E-state index is 0.631. The molecule has 1 aliphatic heterocycles. The molecule has 24 heavy (non-hydrogen) atoms. The monoisotopic (exact) mass is 323 g/mol. The van der Waals surface area contributed by atoms with E-state index in [2.05, 4.69) is 28.8 Å². The molecule has 5 nitrogen and oxygen atoms in total. The fraction of sp³-hybridized carbons (Fsp3) is 0.526. The lowest BCUT2D eigenvalue weighted by Crippen LogP contribution is -2.34. The number of anilines is 1. The van der Waals surface area contributed by atoms with Crippen molar-refractivity contribution in [2.45, 2.75) is 38.6 Å². The largest absolute Gasteiger partial charge is 0.355 e. The van der Waals surface area contributed by atoms with Crippen LogP contribution in [0.1, 0.15) is 31.0 Å². The third kappa shape index (κ3) is 2.77. The Bertz CT molecular complexity index is 715. The van der Waals surface area contributed by atoms with E-state index in [1.54, 1.807) is 0 Å². The summed E-state index contributed by atoms with van der Waals surface area (Å²) in [6, 6.07) is 4.63. The normalized spacial score (nSPS) is 20.0. The number of nitrogens with zero attached hydrogens (tertiary/aromatic N) is 5. The lowest BCUT2D eigenvalue weighted by molar-refractivity contribution is 0.272. The van der Waals surface area contributed by atoms with E-state index in [0.29, 0.717) is 6.04 Å². The molecule has 5 heteroatoms. The van der Waals surface area contributed by atoms with Crippen LogP contribution in [0.15, 0.2) is 24.5 Å². The highest BCUT2D eigenvalue weighted by molar-refractivity contribution is 5.61. The van der Waals surface area contributed by atoms with Gasteiger partial charge in [-0.05, 0) is 51.4 Å². The van der Waals surface area contributed by atoms with Gasteiger partial charge in [0.2, 0.25) is 0 Å². The van der Waals surface area contributed by atoms with Crippen LogP contribution in [0.3, 0.4) is 0 Å². The minimum Gasteiger partial charge on any atom is -0.355 e. The molecule has 126 valence electrons. The molecular weight excluding hydrogens is 298 g/mol. The molecule has 1 saturated heterocycles. The summed E-state index contributed by atoms with van der Waals surface area (Å²) in [5.41, 5.74) is 3.69. The number of fused-ring (bicyclic) bond motifs is 1. The first kappa shape index (κ1) is 15.5. The van der Waals surface area contributed by atoms with Crippen molar-refractivity contribution >= 4 is 5.82 Å². The van der Waals surface area contributed by atoms with Crippen LogP contribution < -0.4 is 4.90 Å². The van der Waals surface area contributed by atoms with Gasteiger partial charge in [-0.25, -0.2) is 9.97 Å². The fourth-order valence-electron chi connectivity index (χ4n) is 3.86. The fourth-order valence-corrected chi connectivity index (χ4v) is 3.86. The Morgan fingerprint density at radius 1 is 1.21 bits per heavy atom. The van der Waals surface area contributed by atoms with Gasteiger partial charge in [-0.3, -0.25) is 4.98 Å². The summed E-state index contributed by atoms with van der Waals surface area (Å²) in [6.07, 6.45) is 8.24. The molecule has 2 aromatic heterocycles. The zero-order valence-electron chi connectivity index (χ0n) is 14.6. The van der Waals surface area contributed by atoms with Gasteiger partial charge in [0.25, 0.3) is 0 Å². The Morgan fingerprint density at radius 2 is 2.04 bits per heavy atom. The minimum atomic E-state index is 0.631. The SMILES string of the molecule is CCN(C)C1CCN(c2nc(-c3ccncc3)nc3c2CCC3)C1. The summed E-state index contributed by atoms with van der Waals surface area (Å²) in [6.45, 7) is 5.49. The number of aryl methyl sites for hydroxylation is 1. The van der Waals surface area contributed by atoms with Crippen molar-refractivity contribution in [2.75, 3.05) is 31.6 Å². The van der Waals surface area contributed by atoms with Gasteiger partial charge in [0.05, 0.1) is 0 Å². The van der Waals surface area contributed by atoms with E-state index in [4.69, 9.17) is 9.97 Å². The Labute approximate surface area is 143 Å². The third-order valence-electron chi connectivity index (χ3n) is 5.43. The molecule has 3 heterocycles. The van der Waals surface area contributed by atoms with Gasteiger partial charge in [-0.2, -0.15) is 0 Å². The van der Waals surface area contributed by atoms with E-state index in [1.165, 1.54) is 29.9 Å². The first-order valence-corrected chi connectivity index (χ1v) is 9.01. The summed E-state index contributed by atoms with van der Waals surface area (Å²) in [4.78, 5) is 18.9. The molecule has 4 rings (SSSR count). The molecule has 0 saturated carbocycles. The zero-order chi connectivity index (χ0) is 16.5. The molecule has 0 spiro atoms. The van der Waals surface area contributed by atoms with Crippen LogP contribution in [0.4, 0.5) is 5.82 Å². The average Bonchev–Trinajstić information content (AvgIpc) is 3.30. The van der Waals surface area contributed by atoms with Crippen LogP contribution in [0.25, 0.3) is 11.4 Å². The summed E-state index contributed by atoms with van der Waals surface area (Å²) in [5, 5.41) is 0. The van der Waals surface area contributed by atoms with Crippen molar-refractivity contribution in [3.63, 3.8) is 0 Å². The second-order valence-corrected chi connectivity index (χ2v) is 6.85. The number of hydrogen-bond donors (Lipinski definition) is 0. The Hall–Kier alpha value is -2.01. The number of aromatic nitrogens is 3. The molecule has 1 fully saturated rings. The summed E-state index contributed by atoms with van der Waals surface area (Å²) in [5.74, 6) is 2.02. The lowest BCUT2D eigenvalue weighted by Gasteiger charge is -2.25. The number of likely N-dealkylation sites (N-methyl/N-ethyl adjacent to an activating group) is 1. The quantitative estimate of drug-likeness (QED) is 0.865. The van der Waals surface area contributed by atoms with Crippen molar-refractivity contribution in [2.24, 2.45) is 0 Å². The van der Waals surface area contributed by atoms with Gasteiger partial charge in [-0.15, -0.1) is 0 Å². The first-order chi connectivity index (χ1) is 11.8. The summed E-state index contributed by atoms with van der Waals surface area (Å²) in [7, 11) is 2.22. The standard InChI is InChI=1S/C19H25N5/c1-3-23(2)15-9-12-24(13-15)19-16-5-4-6-17(16)21-18(22-19)14-7-10-20-11-8-14/h7-8,10-11,15H,3-6,9,12-13H2,1-2H3. The van der Waals surface area contributed by atoms with Crippen molar-refractivity contribution in [1.82, 2.24) is 19.9 Å². The number of hydrogen-bond acceptors (Lipinski definition) is 5. The molecule has 2 aromatic rings. The average molecular weight is 323 g/mol. The van der Waals surface area contributed by atoms with Crippen LogP contribution in [-0.2, 0) is 12.8 Å². The molecule has 2 aliphatic rings. The molecular formula is C19H25N5. The molecule has 1 unspecified atom stereocenters. The van der Waals surface area contributed by atoms with Gasteiger partial charge in [0.15, 0.2) is 5.82 Å². The third-order valence-corrected chi connectivity index (χ3v) is 5.43. The van der Waals surface area contributed by atoms with Crippen molar-refractivity contribution in [3.05, 3.63) is 35.8 Å². The molecule has 0 radical (unpaired) electrons. The predicted octanol–water partition coefficient (Wildman–Crippen LogP) is 2.56. The van der Waals surface area contributed by atoms with Gasteiger partial charge >= 0.3 is 0 Å². The zero-order valence-corrected chi connectivity index (χ0v) is 14.6. The molecule has 0 aromatic carbocycles. The highest BCUT2D eigenvalue weighted by atomic mass is 15.3. The van der Waals surface area contributed by atoms with E-state index in [0.717, 1.165) is 43.9 Å². The van der Waals surface area contributed by atoms with Gasteiger partial charge in [0, 0.05) is 48.3 Å². The Balaban J connectivity index is 1.69. The van der Waals surface area contributed by atoms with Crippen LogP contribution in [0.2, 0.25) is 0 Å². The topological polar surface area (TPSA) is 45.2 Å². The van der Waals surface area contributed by atoms with E-state index in [-0.39, 0.29) is 0 Å². The van der Waals surface area contributed by atoms with Gasteiger partial charge in [-0.1, -0.05) is 6.92 Å². The van der Waals surface area contributed by atoms with E-state index >= 15 is 0 Å². The van der Waals surface area contributed by atoms with Crippen LogP contribution in [-0.4, -0.2) is 52.6 Å². The molecule has 0 amide bonds. The maximum atomic E-state index is 4.98. The highest BCUT2D eigenvalue weighted by Gasteiger charge is 2.30. The van der Waals surface area contributed by atoms with E-state index < -0.39 is 0 Å². The molecule has 1 atom stereocenters. The van der Waals surface area contributed by atoms with Crippen molar-refractivity contribution in [3.8, 4) is 11.4 Å². The van der Waals surface area contributed by atoms with Gasteiger partial charge < -0.3 is 9.80 Å². The smallest absolute Gasteiger partial charge is 0.161 e. The lowest BCUT2D eigenvalue weighted by atomic mass is 10.2. The molecule has 0 N–H and O–H groups in total. The number of rotatable bonds is 4. The second-order valence-electron chi connectivity index (χ2n) is 6.85. The molecule has 0 bridgehead atoms. The summed E-state index contributed by atoms with van der Waals surface area (Å²) < 4.78 is 0. The maximum Gasteiger partial charge on any atom is 0.161 e. The van der Waals surface area contributed by atoms with Crippen LogP contribution in [0, 0.1) is 0 Å². The summed E-state index contributed by atoms with van der Waals surface area (Å²) >= 11 is 0. The van der Waals surface area contributed by atoms with Gasteiger partial charge in [0.1, 0.15) is 5.82 Å². The van der Waals surface area contributed by atoms with Crippen molar-refractivity contribution < 1.29 is 0 Å². The van der Waals surface area contributed by atoms with Crippen LogP contribution >= 0.6 is 0 Å². The van der Waals surface area contributed by atoms with Crippen molar-refractivity contribution in [1.29, 1.82) is 0 Å². The van der Waals surface area contributed by atoms with E-state index in [9.17, 15) is 0 Å².